The third-order valence-electron chi connectivity index (χ3n) is 21.5. The molecule has 3 amide bonds. The maximum Gasteiger partial charge on any atom is 0.480 e. The van der Waals surface area contributed by atoms with E-state index in [9.17, 15) is 15.3 Å². The quantitative estimate of drug-likeness (QED) is 0.0403. The number of halogens is 3. The first-order valence-corrected chi connectivity index (χ1v) is 44.8. The van der Waals surface area contributed by atoms with Gasteiger partial charge in [-0.3, -0.25) is 41.7 Å². The van der Waals surface area contributed by atoms with E-state index >= 15 is 18.9 Å². The molecule has 9 atom stereocenters. The van der Waals surface area contributed by atoms with E-state index in [4.69, 9.17) is 77.5 Å². The Kier molecular flexibility index (Phi) is 28.6. The van der Waals surface area contributed by atoms with Crippen molar-refractivity contribution in [1.82, 2.24) is 73.9 Å². The number of aryl methyl sites for hydroxylation is 3. The Bertz CT molecular complexity index is 4050. The Morgan fingerprint density at radius 3 is 0.810 bits per heavy atom. The Labute approximate surface area is 711 Å². The minimum Gasteiger partial charge on any atom is -0.383 e. The number of imidazole rings is 3. The van der Waals surface area contributed by atoms with Crippen LogP contribution in [0.2, 0.25) is 15.5 Å². The summed E-state index contributed by atoms with van der Waals surface area (Å²) in [7, 11) is -0.424. The first kappa shape index (κ1) is 94.7. The van der Waals surface area contributed by atoms with Crippen molar-refractivity contribution < 1.29 is 62.1 Å². The van der Waals surface area contributed by atoms with Crippen molar-refractivity contribution in [3.05, 3.63) is 65.0 Å². The fourth-order valence-corrected chi connectivity index (χ4v) is 21.1. The highest BCUT2D eigenvalue weighted by Crippen LogP contribution is 2.53. The summed E-state index contributed by atoms with van der Waals surface area (Å²) >= 11 is 26.1. The number of aliphatic hydroxyl groups is 3. The van der Waals surface area contributed by atoms with Crippen LogP contribution in [0.1, 0.15) is 270 Å². The number of phosphoric ester groups is 1. The molecule has 0 bridgehead atoms. The predicted molar refractivity (Wildman–Crippen MR) is 453 cm³/mol. The molecular weight excluding hydrogens is 1630 g/mol. The van der Waals surface area contributed by atoms with Crippen LogP contribution < -0.4 is 14.7 Å². The average molecular weight is 1760 g/mol. The van der Waals surface area contributed by atoms with E-state index < -0.39 is 150 Å². The summed E-state index contributed by atoms with van der Waals surface area (Å²) < 4.78 is 60.1. The lowest BCUT2D eigenvalue weighted by Crippen LogP contribution is -2.67. The van der Waals surface area contributed by atoms with Gasteiger partial charge in [-0.25, -0.2) is 19.5 Å². The number of hydrogen-bond acceptors (Lipinski definition) is 28. The van der Waals surface area contributed by atoms with Gasteiger partial charge in [-0.2, -0.15) is 0 Å². The fraction of sp³-hybridized carbons (Fsp3) is 0.769. The van der Waals surface area contributed by atoms with Gasteiger partial charge in [-0.05, 0) is 159 Å². The average Bonchev–Trinajstić information content (AvgIpc) is 1.43. The summed E-state index contributed by atoms with van der Waals surface area (Å²) in [5.74, 6) is -2.22. The molecule has 3 fully saturated rings. The molecule has 3 saturated heterocycles. The molecule has 9 rings (SSSR count). The standard InChI is InChI=1S/C78H126Cl3N18O13PS3/c1-31-43-55(79)94(58(82-43)61(100)97(73(13,14)15)46-34-37-91(52(49(46)107-28)70(4,5)6)67-88-85-64(114-67)76(22,23)103)40-110-113(106,111-41-95-56(80)44(32-2)83-59(95)62(101)98(74(16,17)18)47-35-38-92(53(50(47)108-29)71(7,8)9)68-89-86-65(115-68)77(24,25)104)112-42-96-57(81)45(33-3)84-60(96)63(102)99(75(19,20)21)48-36-39-93(54(51(48)109-30)72(10,11)12)69-90-87-66(116-69)78(26,27)105/h46-54,103-105H,31-42H2,1-30H3/t46-,47-,48-,49+,50+,51+,52?,53?,54?,113?/m1/s1. The number of carbonyl (C=O) groups is 3. The number of piperidine rings is 3. The fourth-order valence-electron chi connectivity index (χ4n) is 16.5. The van der Waals surface area contributed by atoms with Crippen molar-refractivity contribution >= 4 is 110 Å². The zero-order valence-electron chi connectivity index (χ0n) is 73.5. The Balaban J connectivity index is 1.14. The summed E-state index contributed by atoms with van der Waals surface area (Å²) in [6, 6.07) is -3.00. The van der Waals surface area contributed by atoms with Crippen LogP contribution in [0, 0.1) is 16.2 Å². The summed E-state index contributed by atoms with van der Waals surface area (Å²) in [4.78, 5) is 75.0. The van der Waals surface area contributed by atoms with Crippen LogP contribution in [0.5, 0.6) is 0 Å². The molecule has 3 aliphatic rings. The van der Waals surface area contributed by atoms with Gasteiger partial charge in [0, 0.05) is 57.6 Å². The molecule has 0 saturated carbocycles. The number of ether oxygens (including phenoxy) is 3. The molecular formula is C78H126Cl3N18O13PS3. The Morgan fingerprint density at radius 2 is 0.638 bits per heavy atom. The van der Waals surface area contributed by atoms with Crippen LogP contribution in [-0.4, -0.2) is 219 Å². The van der Waals surface area contributed by atoms with Crippen LogP contribution in [0.15, 0.2) is 0 Å². The van der Waals surface area contributed by atoms with Crippen molar-refractivity contribution in [3.63, 3.8) is 0 Å². The summed E-state index contributed by atoms with van der Waals surface area (Å²) in [6.45, 7) is 50.5. The lowest BCUT2D eigenvalue weighted by molar-refractivity contribution is -0.0558. The molecule has 650 valence electrons. The molecule has 9 heterocycles. The summed E-state index contributed by atoms with van der Waals surface area (Å²) in [5.41, 5.74) is -7.04. The number of amides is 3. The van der Waals surface area contributed by atoms with E-state index in [1.807, 2.05) is 83.1 Å². The van der Waals surface area contributed by atoms with Crippen molar-refractivity contribution in [2.45, 2.75) is 334 Å². The van der Waals surface area contributed by atoms with Gasteiger partial charge < -0.3 is 58.9 Å². The SMILES string of the molecule is CCc1nc(C(=O)N([C@@H]2CCN(c3nnc(C(C)(C)O)s3)C(C(C)(C)C)[C@H]2OC)C(C)(C)C)n(COP(=O)(OCn2c(C(=O)N([C@@H]3CCN(c4nnc(C(C)(C)O)s4)C(C(C)(C)C)[C@H]3OC)C(C)(C)C)nc(CC)c2Cl)OCn2c(C(=O)N([C@@H]3CCN(c4nnc(C(C)(C)O)s4)C(C(C)(C)C)[C@H]3OC)C(C)(C)C)nc(CC)c2Cl)c1Cl. The van der Waals surface area contributed by atoms with Crippen LogP contribution >= 0.6 is 76.6 Å². The van der Waals surface area contributed by atoms with E-state index in [1.165, 1.54) is 47.7 Å². The smallest absolute Gasteiger partial charge is 0.383 e. The number of phosphoric acid groups is 1. The van der Waals surface area contributed by atoms with E-state index in [0.717, 1.165) is 0 Å². The third kappa shape index (κ3) is 19.8. The number of nitrogens with zero attached hydrogens (tertiary/aromatic N) is 18. The highest BCUT2D eigenvalue weighted by Gasteiger charge is 2.56. The third-order valence-corrected chi connectivity index (χ3v) is 27.8. The topological polar surface area (TPSA) is 335 Å². The number of methoxy groups -OCH3 is 3. The molecule has 0 spiro atoms. The van der Waals surface area contributed by atoms with Gasteiger partial charge in [-0.1, -0.05) is 152 Å². The number of hydrogen-bond donors (Lipinski definition) is 3. The maximum atomic E-state index is 16.7. The van der Waals surface area contributed by atoms with Gasteiger partial charge >= 0.3 is 7.82 Å². The molecule has 3 N–H and O–H groups in total. The Morgan fingerprint density at radius 1 is 0.414 bits per heavy atom. The van der Waals surface area contributed by atoms with Gasteiger partial charge in [0.2, 0.25) is 32.9 Å². The summed E-state index contributed by atoms with van der Waals surface area (Å²) in [6.07, 6.45) is -0.0485. The van der Waals surface area contributed by atoms with Gasteiger partial charge in [0.15, 0.2) is 0 Å². The van der Waals surface area contributed by atoms with Gasteiger partial charge in [0.05, 0.1) is 71.6 Å². The minimum atomic E-state index is -5.28. The lowest BCUT2D eigenvalue weighted by atomic mass is 9.76. The van der Waals surface area contributed by atoms with Crippen LogP contribution in [0.25, 0.3) is 0 Å². The molecule has 31 nitrogen and oxygen atoms in total. The monoisotopic (exact) mass is 1750 g/mol. The molecule has 0 aromatic carbocycles. The molecule has 6 aromatic heterocycles. The molecule has 116 heavy (non-hydrogen) atoms. The highest BCUT2D eigenvalue weighted by atomic mass is 35.5. The van der Waals surface area contributed by atoms with Crippen molar-refractivity contribution in [2.24, 2.45) is 16.2 Å². The molecule has 3 unspecified atom stereocenters. The molecule has 38 heteroatoms. The largest absolute Gasteiger partial charge is 0.480 e. The molecule has 6 aromatic rings. The lowest BCUT2D eigenvalue weighted by Gasteiger charge is -2.54. The summed E-state index contributed by atoms with van der Waals surface area (Å²) in [5, 5.41) is 62.9. The van der Waals surface area contributed by atoms with Crippen LogP contribution in [-0.2, 0) is 88.6 Å². The van der Waals surface area contributed by atoms with E-state index in [2.05, 4.69) is 108 Å². The van der Waals surface area contributed by atoms with Crippen LogP contribution in [0.4, 0.5) is 15.4 Å². The highest BCUT2D eigenvalue weighted by molar-refractivity contribution is 7.48. The molecule has 3 aliphatic heterocycles. The predicted octanol–water partition coefficient (Wildman–Crippen LogP) is 14.4. The first-order chi connectivity index (χ1) is 53.3. The first-order valence-electron chi connectivity index (χ1n) is 39.7. The van der Waals surface area contributed by atoms with E-state index in [-0.39, 0.29) is 52.2 Å². The van der Waals surface area contributed by atoms with Gasteiger partial charge in [0.1, 0.15) is 67.5 Å². The van der Waals surface area contributed by atoms with Crippen molar-refractivity contribution in [3.8, 4) is 0 Å². The minimum absolute atomic E-state index is 0.0197. The second-order valence-corrected chi connectivity index (χ2v) is 43.8. The normalized spacial score (nSPS) is 21.9. The second kappa shape index (κ2) is 35.0. The second-order valence-electron chi connectivity index (χ2n) is 38.2. The number of carbonyl (C=O) groups excluding carboxylic acids is 3. The van der Waals surface area contributed by atoms with Gasteiger partial charge in [0.25, 0.3) is 17.7 Å². The molecule has 0 aliphatic carbocycles. The van der Waals surface area contributed by atoms with E-state index in [1.54, 1.807) is 77.6 Å². The van der Waals surface area contributed by atoms with Gasteiger partial charge in [-0.15, -0.1) is 30.6 Å². The van der Waals surface area contributed by atoms with E-state index in [0.29, 0.717) is 86.4 Å². The zero-order valence-corrected chi connectivity index (χ0v) is 79.1. The number of aromatic nitrogens is 12. The maximum absolute atomic E-state index is 16.7. The number of rotatable bonds is 27. The zero-order chi connectivity index (χ0) is 87.0. The number of anilines is 3. The van der Waals surface area contributed by atoms with Crippen LogP contribution in [0.3, 0.4) is 0 Å². The molecule has 0 radical (unpaired) electrons. The van der Waals surface area contributed by atoms with Crippen molar-refractivity contribution in [2.75, 3.05) is 55.7 Å². The van der Waals surface area contributed by atoms with Crippen molar-refractivity contribution in [1.29, 1.82) is 0 Å². The Hall–Kier alpha value is -5.14.